The molecule has 5 aromatic rings. The van der Waals surface area contributed by atoms with Crippen LogP contribution in [0, 0.1) is 5.82 Å². The Balaban J connectivity index is 1.43. The molecule has 10 heteroatoms. The molecule has 5 rings (SSSR count). The molecule has 0 aliphatic heterocycles. The first-order chi connectivity index (χ1) is 21.8. The minimum absolute atomic E-state index is 0.0166. The quantitative estimate of drug-likeness (QED) is 0.147. The van der Waals surface area contributed by atoms with Crippen LogP contribution in [-0.2, 0) is 22.0 Å². The van der Waals surface area contributed by atoms with Gasteiger partial charge >= 0.3 is 0 Å². The molecule has 46 heavy (non-hydrogen) atoms. The molecule has 7 nitrogen and oxygen atoms in total. The summed E-state index contributed by atoms with van der Waals surface area (Å²) in [5.41, 5.74) is 6.00. The Morgan fingerprint density at radius 2 is 1.59 bits per heavy atom. The number of nitrogens with zero attached hydrogens (tertiary/aromatic N) is 1. The van der Waals surface area contributed by atoms with E-state index < -0.39 is 21.8 Å². The lowest BCUT2D eigenvalue weighted by molar-refractivity contribution is 0.0956. The summed E-state index contributed by atoms with van der Waals surface area (Å²) in [6.07, 6.45) is 0.547. The minimum Gasteiger partial charge on any atom is -0.356 e. The monoisotopic (exact) mass is 660 g/mol. The smallest absolute Gasteiger partial charge is 0.266 e. The first-order valence-electron chi connectivity index (χ1n) is 14.7. The zero-order chi connectivity index (χ0) is 33.1. The van der Waals surface area contributed by atoms with Crippen molar-refractivity contribution in [3.05, 3.63) is 136 Å². The van der Waals surface area contributed by atoms with Crippen molar-refractivity contribution in [2.75, 3.05) is 12.3 Å². The average Bonchev–Trinajstić information content (AvgIpc) is 3.50. The lowest BCUT2D eigenvalue weighted by Crippen LogP contribution is -2.28. The molecule has 0 aliphatic rings. The van der Waals surface area contributed by atoms with Crippen LogP contribution in [0.3, 0.4) is 0 Å². The van der Waals surface area contributed by atoms with Crippen molar-refractivity contribution in [1.29, 1.82) is 0 Å². The fourth-order valence-electron chi connectivity index (χ4n) is 5.15. The van der Waals surface area contributed by atoms with Gasteiger partial charge in [-0.05, 0) is 76.6 Å². The van der Waals surface area contributed by atoms with Crippen molar-refractivity contribution in [2.45, 2.75) is 38.5 Å². The van der Waals surface area contributed by atoms with Crippen LogP contribution in [0.1, 0.15) is 59.4 Å². The Morgan fingerprint density at radius 3 is 2.22 bits per heavy atom. The zero-order valence-corrected chi connectivity index (χ0v) is 27.2. The van der Waals surface area contributed by atoms with Crippen LogP contribution in [0.2, 0.25) is 5.02 Å². The molecule has 0 radical (unpaired) electrons. The van der Waals surface area contributed by atoms with Crippen molar-refractivity contribution in [3.63, 3.8) is 0 Å². The Labute approximate surface area is 273 Å². The highest BCUT2D eigenvalue weighted by Gasteiger charge is 2.22. The highest BCUT2D eigenvalue weighted by molar-refractivity contribution is 7.85. The van der Waals surface area contributed by atoms with E-state index in [0.717, 1.165) is 11.1 Å². The number of hydrogen-bond acceptors (Lipinski definition) is 5. The van der Waals surface area contributed by atoms with Gasteiger partial charge in [-0.2, -0.15) is 8.42 Å². The first-order valence-corrected chi connectivity index (χ1v) is 16.7. The Morgan fingerprint density at radius 1 is 0.935 bits per heavy atom. The van der Waals surface area contributed by atoms with Crippen LogP contribution in [0.4, 0.5) is 4.39 Å². The molecular formula is C36H34ClFN2O5S. The molecule has 238 valence electrons. The molecule has 2 N–H and O–H groups in total. The molecule has 0 saturated carbocycles. The van der Waals surface area contributed by atoms with Gasteiger partial charge in [0.25, 0.3) is 16.0 Å². The topological polar surface area (TPSA) is 110 Å². The number of hydrogen-bond donors (Lipinski definition) is 2. The molecule has 1 amide bonds. The predicted octanol–water partition coefficient (Wildman–Crippen LogP) is 8.09. The molecule has 1 heterocycles. The zero-order valence-electron chi connectivity index (χ0n) is 25.6. The van der Waals surface area contributed by atoms with E-state index in [4.69, 9.17) is 20.7 Å². The number of aromatic nitrogens is 1. The average molecular weight is 661 g/mol. The second-order valence-electron chi connectivity index (χ2n) is 12.2. The second-order valence-corrected chi connectivity index (χ2v) is 14.2. The summed E-state index contributed by atoms with van der Waals surface area (Å²) in [6, 6.07) is 29.1. The van der Waals surface area contributed by atoms with Gasteiger partial charge in [0.15, 0.2) is 5.76 Å². The van der Waals surface area contributed by atoms with Crippen LogP contribution in [0.5, 0.6) is 0 Å². The summed E-state index contributed by atoms with van der Waals surface area (Å²) in [5.74, 6) is -1.07. The third-order valence-corrected chi connectivity index (χ3v) is 8.74. The van der Waals surface area contributed by atoms with Gasteiger partial charge in [0, 0.05) is 40.2 Å². The molecule has 1 aromatic heterocycles. The van der Waals surface area contributed by atoms with Crippen LogP contribution < -0.4 is 5.32 Å². The van der Waals surface area contributed by atoms with Gasteiger partial charge in [0.2, 0.25) is 0 Å². The van der Waals surface area contributed by atoms with Gasteiger partial charge in [0.05, 0.1) is 11.4 Å². The highest BCUT2D eigenvalue weighted by atomic mass is 35.5. The van der Waals surface area contributed by atoms with E-state index in [2.05, 4.69) is 55.5 Å². The third kappa shape index (κ3) is 8.28. The molecule has 0 fully saturated rings. The summed E-state index contributed by atoms with van der Waals surface area (Å²) >= 11 is 6.03. The number of carbonyl (C=O) groups is 1. The largest absolute Gasteiger partial charge is 0.356 e. The maximum absolute atomic E-state index is 14.8. The van der Waals surface area contributed by atoms with Crippen molar-refractivity contribution >= 4 is 27.6 Å². The minimum atomic E-state index is -4.17. The van der Waals surface area contributed by atoms with Crippen LogP contribution in [0.25, 0.3) is 22.5 Å². The summed E-state index contributed by atoms with van der Waals surface area (Å²) in [5, 5.41) is 7.51. The SMILES string of the molecule is CC(C)(C)c1ccc(C(Cc2ccc(C(=O)NCCS(=O)(=O)O)cc2)c2cc(-c3ccc(F)c(-c4ccc(Cl)cc4)c3)on2)cc1. The van der Waals surface area contributed by atoms with E-state index in [9.17, 15) is 17.6 Å². The van der Waals surface area contributed by atoms with E-state index in [1.165, 1.54) is 11.6 Å². The molecule has 1 atom stereocenters. The molecular weight excluding hydrogens is 627 g/mol. The van der Waals surface area contributed by atoms with E-state index in [1.807, 2.05) is 18.2 Å². The fraction of sp³-hybridized carbons (Fsp3) is 0.222. The van der Waals surface area contributed by atoms with E-state index >= 15 is 0 Å². The number of amides is 1. The lowest BCUT2D eigenvalue weighted by atomic mass is 9.83. The van der Waals surface area contributed by atoms with Gasteiger partial charge in [-0.25, -0.2) is 4.39 Å². The van der Waals surface area contributed by atoms with Crippen molar-refractivity contribution in [3.8, 4) is 22.5 Å². The van der Waals surface area contributed by atoms with Crippen LogP contribution in [-0.4, -0.2) is 36.3 Å². The lowest BCUT2D eigenvalue weighted by Gasteiger charge is -2.21. The standard InChI is InChI=1S/C36H34ClFN2O5S/c1-36(2,3)28-13-8-25(9-14-28)31(20-23-4-6-26(7-5-23)35(41)39-18-19-46(42,43)44)33-22-34(45-40-33)27-12-17-32(38)30(21-27)24-10-15-29(37)16-11-24/h4-17,21-22,31H,18-20H2,1-3H3,(H,39,41)(H,42,43,44). The third-order valence-electron chi connectivity index (χ3n) is 7.77. The van der Waals surface area contributed by atoms with E-state index in [0.29, 0.717) is 45.2 Å². The Hall–Kier alpha value is -4.31. The van der Waals surface area contributed by atoms with Gasteiger partial charge in [-0.3, -0.25) is 9.35 Å². The maximum Gasteiger partial charge on any atom is 0.266 e. The molecule has 0 spiro atoms. The number of carbonyl (C=O) groups excluding carboxylic acids is 1. The number of nitrogens with one attached hydrogen (secondary N) is 1. The normalized spacial score (nSPS) is 12.6. The van der Waals surface area contributed by atoms with Gasteiger partial charge < -0.3 is 9.84 Å². The fourth-order valence-corrected chi connectivity index (χ4v) is 5.64. The summed E-state index contributed by atoms with van der Waals surface area (Å²) in [6.45, 7) is 6.27. The number of benzene rings is 4. The molecule has 1 unspecified atom stereocenters. The van der Waals surface area contributed by atoms with Crippen LogP contribution in [0.15, 0.2) is 102 Å². The van der Waals surface area contributed by atoms with Crippen LogP contribution >= 0.6 is 11.6 Å². The second kappa shape index (κ2) is 13.6. The molecule has 0 saturated heterocycles. The first kappa shape index (κ1) is 33.1. The summed E-state index contributed by atoms with van der Waals surface area (Å²) in [7, 11) is -4.17. The van der Waals surface area contributed by atoms with Gasteiger partial charge in [-0.1, -0.05) is 86.1 Å². The highest BCUT2D eigenvalue weighted by Crippen LogP contribution is 2.35. The Kier molecular flexibility index (Phi) is 9.76. The number of rotatable bonds is 10. The van der Waals surface area contributed by atoms with E-state index in [1.54, 1.807) is 48.5 Å². The molecule has 4 aromatic carbocycles. The maximum atomic E-state index is 14.8. The van der Waals surface area contributed by atoms with E-state index in [-0.39, 0.29) is 23.7 Å². The van der Waals surface area contributed by atoms with Gasteiger partial charge in [-0.15, -0.1) is 0 Å². The summed E-state index contributed by atoms with van der Waals surface area (Å²) in [4.78, 5) is 12.5. The predicted molar refractivity (Wildman–Crippen MR) is 178 cm³/mol. The van der Waals surface area contributed by atoms with Crippen molar-refractivity contribution < 1.29 is 26.7 Å². The van der Waals surface area contributed by atoms with Crippen molar-refractivity contribution in [2.24, 2.45) is 0 Å². The Bertz CT molecular complexity index is 1930. The summed E-state index contributed by atoms with van der Waals surface area (Å²) < 4.78 is 51.5. The molecule has 0 bridgehead atoms. The van der Waals surface area contributed by atoms with Gasteiger partial charge in [0.1, 0.15) is 5.82 Å². The van der Waals surface area contributed by atoms with Crippen molar-refractivity contribution in [1.82, 2.24) is 10.5 Å². The molecule has 0 aliphatic carbocycles. The number of halogens is 2.